The quantitative estimate of drug-likeness (QED) is 0.663. The van der Waals surface area contributed by atoms with Crippen LogP contribution in [0.5, 0.6) is 0 Å². The summed E-state index contributed by atoms with van der Waals surface area (Å²) < 4.78 is 0. The molecule has 1 saturated heterocycles. The van der Waals surface area contributed by atoms with Gasteiger partial charge in [0.1, 0.15) is 0 Å². The second-order valence-corrected chi connectivity index (χ2v) is 4.47. The van der Waals surface area contributed by atoms with E-state index in [1.54, 1.807) is 13.8 Å². The summed E-state index contributed by atoms with van der Waals surface area (Å²) in [6.45, 7) is 10.1. The van der Waals surface area contributed by atoms with Gasteiger partial charge in [-0.3, -0.25) is 14.4 Å². The maximum atomic E-state index is 10.9. The van der Waals surface area contributed by atoms with Crippen LogP contribution >= 0.6 is 0 Å². The molecular formula is C11H21NO3. The summed E-state index contributed by atoms with van der Waals surface area (Å²) >= 11 is 0. The predicted octanol–water partition coefficient (Wildman–Crippen LogP) is 2.14. The van der Waals surface area contributed by atoms with E-state index in [1.165, 1.54) is 0 Å². The molecule has 1 rings (SSSR count). The largest absolute Gasteiger partial charge is 0.272 e. The highest BCUT2D eigenvalue weighted by atomic mass is 16.7. The standard InChI is InChI=1S/C7H11NO3.C4H10/c1-5(2)11-8-6(9)3-4-7(8)10;1-4(2)3/h5H,3-4H2,1-2H3;4H,1-3H3. The summed E-state index contributed by atoms with van der Waals surface area (Å²) in [7, 11) is 0. The first kappa shape index (κ1) is 14.1. The molecule has 1 heterocycles. The number of imide groups is 1. The average molecular weight is 215 g/mol. The summed E-state index contributed by atoms with van der Waals surface area (Å²) in [5.41, 5.74) is 0. The van der Waals surface area contributed by atoms with Gasteiger partial charge in [0.2, 0.25) is 0 Å². The van der Waals surface area contributed by atoms with Gasteiger partial charge in [0.25, 0.3) is 11.8 Å². The highest BCUT2D eigenvalue weighted by molar-refractivity contribution is 6.00. The van der Waals surface area contributed by atoms with Gasteiger partial charge in [-0.2, -0.15) is 5.06 Å². The molecule has 2 amide bonds. The zero-order chi connectivity index (χ0) is 12.0. The van der Waals surface area contributed by atoms with E-state index in [4.69, 9.17) is 4.84 Å². The first-order valence-electron chi connectivity index (χ1n) is 5.37. The van der Waals surface area contributed by atoms with Crippen molar-refractivity contribution in [2.24, 2.45) is 5.92 Å². The predicted molar refractivity (Wildman–Crippen MR) is 57.8 cm³/mol. The van der Waals surface area contributed by atoms with Crippen LogP contribution in [0.25, 0.3) is 0 Å². The Morgan fingerprint density at radius 1 is 1.00 bits per heavy atom. The van der Waals surface area contributed by atoms with Crippen LogP contribution in [0.2, 0.25) is 0 Å². The molecule has 4 nitrogen and oxygen atoms in total. The van der Waals surface area contributed by atoms with Gasteiger partial charge in [0.05, 0.1) is 6.10 Å². The second-order valence-electron chi connectivity index (χ2n) is 4.47. The lowest BCUT2D eigenvalue weighted by Crippen LogP contribution is -2.31. The fraction of sp³-hybridized carbons (Fsp3) is 0.818. The van der Waals surface area contributed by atoms with E-state index in [1.807, 2.05) is 0 Å². The normalized spacial score (nSPS) is 16.1. The molecule has 0 aliphatic carbocycles. The lowest BCUT2D eigenvalue weighted by molar-refractivity contribution is -0.198. The zero-order valence-corrected chi connectivity index (χ0v) is 10.2. The van der Waals surface area contributed by atoms with E-state index in [0.29, 0.717) is 0 Å². The summed E-state index contributed by atoms with van der Waals surface area (Å²) in [5.74, 6) is 0.368. The van der Waals surface area contributed by atoms with E-state index in [9.17, 15) is 9.59 Å². The molecule has 1 aliphatic heterocycles. The Kier molecular flexibility index (Phi) is 6.17. The highest BCUT2D eigenvalue weighted by Gasteiger charge is 2.30. The Hall–Kier alpha value is -0.900. The molecule has 0 aromatic rings. The van der Waals surface area contributed by atoms with Gasteiger partial charge in [-0.15, -0.1) is 0 Å². The molecule has 4 heteroatoms. The molecule has 0 atom stereocenters. The Bertz CT molecular complexity index is 205. The van der Waals surface area contributed by atoms with Crippen LogP contribution in [0.1, 0.15) is 47.5 Å². The van der Waals surface area contributed by atoms with Crippen molar-refractivity contribution in [3.8, 4) is 0 Å². The van der Waals surface area contributed by atoms with Gasteiger partial charge in [0, 0.05) is 12.8 Å². The Labute approximate surface area is 91.5 Å². The van der Waals surface area contributed by atoms with Gasteiger partial charge in [0.15, 0.2) is 0 Å². The van der Waals surface area contributed by atoms with Crippen molar-refractivity contribution in [1.82, 2.24) is 5.06 Å². The lowest BCUT2D eigenvalue weighted by Gasteiger charge is -2.15. The number of rotatable bonds is 2. The molecule has 0 radical (unpaired) electrons. The monoisotopic (exact) mass is 215 g/mol. The van der Waals surface area contributed by atoms with E-state index >= 15 is 0 Å². The van der Waals surface area contributed by atoms with Gasteiger partial charge >= 0.3 is 0 Å². The number of nitrogens with zero attached hydrogens (tertiary/aromatic N) is 1. The molecule has 1 fully saturated rings. The van der Waals surface area contributed by atoms with Crippen molar-refractivity contribution in [3.05, 3.63) is 0 Å². The maximum Gasteiger partial charge on any atom is 0.254 e. The third-order valence-corrected chi connectivity index (χ3v) is 1.32. The summed E-state index contributed by atoms with van der Waals surface area (Å²) in [6, 6.07) is 0. The van der Waals surface area contributed by atoms with Gasteiger partial charge < -0.3 is 0 Å². The van der Waals surface area contributed by atoms with Crippen LogP contribution in [0.4, 0.5) is 0 Å². The van der Waals surface area contributed by atoms with Crippen LogP contribution < -0.4 is 0 Å². The molecule has 0 bridgehead atoms. The highest BCUT2D eigenvalue weighted by Crippen LogP contribution is 2.13. The Morgan fingerprint density at radius 3 is 1.60 bits per heavy atom. The topological polar surface area (TPSA) is 46.6 Å². The van der Waals surface area contributed by atoms with Crippen molar-refractivity contribution < 1.29 is 14.4 Å². The maximum absolute atomic E-state index is 10.9. The summed E-state index contributed by atoms with van der Waals surface area (Å²) in [5, 5.41) is 0.866. The summed E-state index contributed by atoms with van der Waals surface area (Å²) in [4.78, 5) is 26.8. The molecule has 0 aromatic carbocycles. The number of hydrogen-bond donors (Lipinski definition) is 0. The van der Waals surface area contributed by atoms with Crippen molar-refractivity contribution in [2.75, 3.05) is 0 Å². The zero-order valence-electron chi connectivity index (χ0n) is 10.2. The number of carbonyl (C=O) groups is 2. The minimum atomic E-state index is -0.233. The third-order valence-electron chi connectivity index (χ3n) is 1.32. The fourth-order valence-electron chi connectivity index (χ4n) is 0.884. The second kappa shape index (κ2) is 6.56. The van der Waals surface area contributed by atoms with E-state index in [2.05, 4.69) is 20.8 Å². The summed E-state index contributed by atoms with van der Waals surface area (Å²) in [6.07, 6.45) is 0.443. The molecule has 15 heavy (non-hydrogen) atoms. The molecular weight excluding hydrogens is 194 g/mol. The van der Waals surface area contributed by atoms with Crippen LogP contribution in [-0.4, -0.2) is 23.0 Å². The molecule has 0 aromatic heterocycles. The number of hydroxylamine groups is 2. The van der Waals surface area contributed by atoms with E-state index < -0.39 is 0 Å². The fourth-order valence-corrected chi connectivity index (χ4v) is 0.884. The molecule has 0 unspecified atom stereocenters. The Balaban J connectivity index is 0.000000423. The van der Waals surface area contributed by atoms with Crippen molar-refractivity contribution >= 4 is 11.8 Å². The van der Waals surface area contributed by atoms with Crippen LogP contribution in [0.3, 0.4) is 0 Å². The number of carbonyl (C=O) groups excluding carboxylic acids is 2. The van der Waals surface area contributed by atoms with Gasteiger partial charge in [-0.05, 0) is 19.8 Å². The molecule has 1 aliphatic rings. The number of hydrogen-bond acceptors (Lipinski definition) is 3. The minimum absolute atomic E-state index is 0.124. The first-order valence-corrected chi connectivity index (χ1v) is 5.37. The van der Waals surface area contributed by atoms with Crippen LogP contribution in [0, 0.1) is 5.92 Å². The van der Waals surface area contributed by atoms with E-state index in [0.717, 1.165) is 11.0 Å². The van der Waals surface area contributed by atoms with Crippen LogP contribution in [-0.2, 0) is 14.4 Å². The van der Waals surface area contributed by atoms with Crippen molar-refractivity contribution in [3.63, 3.8) is 0 Å². The van der Waals surface area contributed by atoms with E-state index in [-0.39, 0.29) is 30.8 Å². The van der Waals surface area contributed by atoms with Crippen molar-refractivity contribution in [2.45, 2.75) is 53.6 Å². The SMILES string of the molecule is CC(C)C.CC(C)ON1C(=O)CCC1=O. The first-order chi connectivity index (χ1) is 6.84. The smallest absolute Gasteiger partial charge is 0.254 e. The third kappa shape index (κ3) is 6.23. The van der Waals surface area contributed by atoms with Gasteiger partial charge in [-0.25, -0.2) is 0 Å². The molecule has 0 spiro atoms. The van der Waals surface area contributed by atoms with Crippen LogP contribution in [0.15, 0.2) is 0 Å². The Morgan fingerprint density at radius 2 is 1.33 bits per heavy atom. The van der Waals surface area contributed by atoms with Crippen molar-refractivity contribution in [1.29, 1.82) is 0 Å². The number of amides is 2. The average Bonchev–Trinajstić information content (AvgIpc) is 2.34. The molecule has 0 saturated carbocycles. The lowest BCUT2D eigenvalue weighted by atomic mass is 10.3. The van der Waals surface area contributed by atoms with Gasteiger partial charge in [-0.1, -0.05) is 20.8 Å². The molecule has 0 N–H and O–H groups in total. The minimum Gasteiger partial charge on any atom is -0.272 e. The molecule has 88 valence electrons.